The summed E-state index contributed by atoms with van der Waals surface area (Å²) in [5.41, 5.74) is 2.01. The summed E-state index contributed by atoms with van der Waals surface area (Å²) in [6.07, 6.45) is 0.284. The molecular weight excluding hydrogens is 328 g/mol. The third-order valence-electron chi connectivity index (χ3n) is 3.29. The molecule has 2 N–H and O–H groups in total. The summed E-state index contributed by atoms with van der Waals surface area (Å²) in [6, 6.07) is 13.9. The van der Waals surface area contributed by atoms with Gasteiger partial charge in [-0.1, -0.05) is 29.8 Å². The van der Waals surface area contributed by atoms with Crippen LogP contribution in [0.3, 0.4) is 0 Å². The van der Waals surface area contributed by atoms with Crippen molar-refractivity contribution in [3.63, 3.8) is 0 Å². The molecule has 0 bridgehead atoms. The number of nitrogens with one attached hydrogen (secondary N) is 2. The predicted octanol–water partition coefficient (Wildman–Crippen LogP) is 2.90. The minimum atomic E-state index is -0.234. The van der Waals surface area contributed by atoms with Crippen LogP contribution in [-0.4, -0.2) is 32.1 Å². The Labute approximate surface area is 146 Å². The first kappa shape index (κ1) is 18.0. The van der Waals surface area contributed by atoms with Gasteiger partial charge in [-0.15, -0.1) is 0 Å². The third-order valence-corrected chi connectivity index (χ3v) is 3.53. The maximum Gasteiger partial charge on any atom is 0.255 e. The number of hydrogen-bond acceptors (Lipinski definition) is 3. The molecular formula is C18H19ClN2O3. The van der Waals surface area contributed by atoms with Crippen LogP contribution in [0.25, 0.3) is 0 Å². The van der Waals surface area contributed by atoms with Crippen molar-refractivity contribution in [2.75, 3.05) is 25.6 Å². The van der Waals surface area contributed by atoms with Gasteiger partial charge >= 0.3 is 0 Å². The fourth-order valence-electron chi connectivity index (χ4n) is 2.08. The van der Waals surface area contributed by atoms with E-state index in [1.165, 1.54) is 0 Å². The van der Waals surface area contributed by atoms with Gasteiger partial charge in [-0.2, -0.15) is 0 Å². The number of benzene rings is 2. The first-order chi connectivity index (χ1) is 11.6. The van der Waals surface area contributed by atoms with Crippen LogP contribution in [0.5, 0.6) is 0 Å². The van der Waals surface area contributed by atoms with E-state index in [0.29, 0.717) is 29.4 Å². The van der Waals surface area contributed by atoms with E-state index in [0.717, 1.165) is 5.56 Å². The second kappa shape index (κ2) is 9.05. The monoisotopic (exact) mass is 346 g/mol. The molecule has 2 aromatic carbocycles. The van der Waals surface area contributed by atoms with Gasteiger partial charge < -0.3 is 15.4 Å². The van der Waals surface area contributed by atoms with Gasteiger partial charge in [-0.25, -0.2) is 0 Å². The maximum absolute atomic E-state index is 12.1. The number of hydrogen-bond donors (Lipinski definition) is 2. The van der Waals surface area contributed by atoms with Gasteiger partial charge in [0.25, 0.3) is 5.91 Å². The van der Waals surface area contributed by atoms with Gasteiger partial charge in [-0.05, 0) is 35.9 Å². The molecule has 0 saturated carbocycles. The zero-order valence-corrected chi connectivity index (χ0v) is 14.1. The SMILES string of the molecule is COCCNC(=O)Cc1ccc(NC(=O)c2cccc(Cl)c2)cc1. The highest BCUT2D eigenvalue weighted by Crippen LogP contribution is 2.14. The lowest BCUT2D eigenvalue weighted by molar-refractivity contribution is -0.120. The van der Waals surface area contributed by atoms with Crippen LogP contribution < -0.4 is 10.6 Å². The molecule has 0 saturated heterocycles. The van der Waals surface area contributed by atoms with Gasteiger partial charge in [0.15, 0.2) is 0 Å². The highest BCUT2D eigenvalue weighted by Gasteiger charge is 2.07. The Morgan fingerprint density at radius 2 is 1.88 bits per heavy atom. The van der Waals surface area contributed by atoms with Crippen LogP contribution in [0, 0.1) is 0 Å². The van der Waals surface area contributed by atoms with Gasteiger partial charge in [0.2, 0.25) is 5.91 Å². The van der Waals surface area contributed by atoms with Crippen molar-refractivity contribution >= 4 is 29.1 Å². The molecule has 6 heteroatoms. The third kappa shape index (κ3) is 5.68. The molecule has 2 amide bonds. The van der Waals surface area contributed by atoms with Crippen molar-refractivity contribution in [3.05, 3.63) is 64.7 Å². The van der Waals surface area contributed by atoms with Crippen LogP contribution in [0.1, 0.15) is 15.9 Å². The van der Waals surface area contributed by atoms with Crippen molar-refractivity contribution in [1.29, 1.82) is 0 Å². The molecule has 0 fully saturated rings. The molecule has 0 radical (unpaired) electrons. The van der Waals surface area contributed by atoms with Crippen molar-refractivity contribution in [3.8, 4) is 0 Å². The van der Waals surface area contributed by atoms with Gasteiger partial charge in [0.1, 0.15) is 0 Å². The average Bonchev–Trinajstić information content (AvgIpc) is 2.57. The molecule has 126 valence electrons. The topological polar surface area (TPSA) is 67.4 Å². The Morgan fingerprint density at radius 3 is 2.54 bits per heavy atom. The summed E-state index contributed by atoms with van der Waals surface area (Å²) >= 11 is 5.88. The summed E-state index contributed by atoms with van der Waals surface area (Å²) in [4.78, 5) is 23.8. The Hall–Kier alpha value is -2.37. The number of carbonyl (C=O) groups is 2. The van der Waals surface area contributed by atoms with Crippen molar-refractivity contribution in [2.45, 2.75) is 6.42 Å². The maximum atomic E-state index is 12.1. The van der Waals surface area contributed by atoms with E-state index in [1.54, 1.807) is 43.5 Å². The van der Waals surface area contributed by atoms with Crippen LogP contribution in [-0.2, 0) is 16.0 Å². The number of rotatable bonds is 7. The van der Waals surface area contributed by atoms with Crippen molar-refractivity contribution in [2.24, 2.45) is 0 Å². The second-order valence-corrected chi connectivity index (χ2v) is 5.62. The summed E-state index contributed by atoms with van der Waals surface area (Å²) in [7, 11) is 1.59. The zero-order valence-electron chi connectivity index (χ0n) is 13.3. The van der Waals surface area contributed by atoms with Crippen LogP contribution >= 0.6 is 11.6 Å². The van der Waals surface area contributed by atoms with E-state index in [-0.39, 0.29) is 18.2 Å². The molecule has 2 aromatic rings. The standard InChI is InChI=1S/C18H19ClN2O3/c1-24-10-9-20-17(22)11-13-5-7-16(8-6-13)21-18(23)14-3-2-4-15(19)12-14/h2-8,12H,9-11H2,1H3,(H,20,22)(H,21,23). The van der Waals surface area contributed by atoms with E-state index in [4.69, 9.17) is 16.3 Å². The summed E-state index contributed by atoms with van der Waals surface area (Å²) in [6.45, 7) is 0.976. The number of amides is 2. The lowest BCUT2D eigenvalue weighted by atomic mass is 10.1. The number of halogens is 1. The molecule has 0 aliphatic rings. The van der Waals surface area contributed by atoms with E-state index >= 15 is 0 Å². The molecule has 0 heterocycles. The molecule has 5 nitrogen and oxygen atoms in total. The Balaban J connectivity index is 1.90. The van der Waals surface area contributed by atoms with Crippen LogP contribution in [0.2, 0.25) is 5.02 Å². The molecule has 0 aliphatic heterocycles. The van der Waals surface area contributed by atoms with Crippen LogP contribution in [0.15, 0.2) is 48.5 Å². The fraction of sp³-hybridized carbons (Fsp3) is 0.222. The highest BCUT2D eigenvalue weighted by atomic mass is 35.5. The van der Waals surface area contributed by atoms with E-state index in [1.807, 2.05) is 12.1 Å². The molecule has 2 rings (SSSR count). The molecule has 0 unspecified atom stereocenters. The smallest absolute Gasteiger partial charge is 0.255 e. The summed E-state index contributed by atoms with van der Waals surface area (Å²) < 4.78 is 4.88. The van der Waals surface area contributed by atoms with Crippen LogP contribution in [0.4, 0.5) is 5.69 Å². The van der Waals surface area contributed by atoms with E-state index < -0.39 is 0 Å². The lowest BCUT2D eigenvalue weighted by Gasteiger charge is -2.08. The van der Waals surface area contributed by atoms with Crippen molar-refractivity contribution < 1.29 is 14.3 Å². The lowest BCUT2D eigenvalue weighted by Crippen LogP contribution is -2.28. The number of methoxy groups -OCH3 is 1. The zero-order chi connectivity index (χ0) is 17.4. The van der Waals surface area contributed by atoms with Gasteiger partial charge in [0, 0.05) is 29.9 Å². The number of ether oxygens (including phenoxy) is 1. The van der Waals surface area contributed by atoms with Gasteiger partial charge in [-0.3, -0.25) is 9.59 Å². The second-order valence-electron chi connectivity index (χ2n) is 5.18. The van der Waals surface area contributed by atoms with E-state index in [2.05, 4.69) is 10.6 Å². The normalized spacial score (nSPS) is 10.2. The fourth-order valence-corrected chi connectivity index (χ4v) is 2.27. The molecule has 0 aliphatic carbocycles. The average molecular weight is 347 g/mol. The quantitative estimate of drug-likeness (QED) is 0.757. The van der Waals surface area contributed by atoms with Crippen molar-refractivity contribution in [1.82, 2.24) is 5.32 Å². The Morgan fingerprint density at radius 1 is 1.12 bits per heavy atom. The molecule has 0 aromatic heterocycles. The largest absolute Gasteiger partial charge is 0.383 e. The number of carbonyl (C=O) groups excluding carboxylic acids is 2. The Kier molecular flexibility index (Phi) is 6.78. The predicted molar refractivity (Wildman–Crippen MR) is 94.4 cm³/mol. The Bertz CT molecular complexity index is 702. The first-order valence-electron chi connectivity index (χ1n) is 7.50. The minimum absolute atomic E-state index is 0.0669. The summed E-state index contributed by atoms with van der Waals surface area (Å²) in [5.74, 6) is -0.301. The van der Waals surface area contributed by atoms with E-state index in [9.17, 15) is 9.59 Å². The first-order valence-corrected chi connectivity index (χ1v) is 7.88. The summed E-state index contributed by atoms with van der Waals surface area (Å²) in [5, 5.41) is 6.06. The minimum Gasteiger partial charge on any atom is -0.383 e. The molecule has 24 heavy (non-hydrogen) atoms. The highest BCUT2D eigenvalue weighted by molar-refractivity contribution is 6.31. The van der Waals surface area contributed by atoms with Gasteiger partial charge in [0.05, 0.1) is 13.0 Å². The molecule has 0 atom stereocenters. The number of anilines is 1. The molecule has 0 spiro atoms.